The van der Waals surface area contributed by atoms with E-state index in [2.05, 4.69) is 10.3 Å². The van der Waals surface area contributed by atoms with Gasteiger partial charge in [-0.15, -0.1) is 11.3 Å². The van der Waals surface area contributed by atoms with E-state index in [4.69, 9.17) is 5.11 Å². The third-order valence-corrected chi connectivity index (χ3v) is 5.69. The van der Waals surface area contributed by atoms with E-state index < -0.39 is 5.97 Å². The lowest BCUT2D eigenvalue weighted by molar-refractivity contribution is -0.126. The van der Waals surface area contributed by atoms with Gasteiger partial charge in [0.25, 0.3) is 5.91 Å². The van der Waals surface area contributed by atoms with Crippen LogP contribution in [-0.4, -0.2) is 45.9 Å². The van der Waals surface area contributed by atoms with Gasteiger partial charge in [0.05, 0.1) is 18.2 Å². The Hall–Kier alpha value is -2.74. The number of aryl methyl sites for hydroxylation is 1. The minimum atomic E-state index is -1.01. The fourth-order valence-electron chi connectivity index (χ4n) is 3.17. The Balaban J connectivity index is 1.57. The summed E-state index contributed by atoms with van der Waals surface area (Å²) < 4.78 is 0. The first-order valence-electron chi connectivity index (χ1n) is 8.77. The largest absolute Gasteiger partial charge is 0.477 e. The summed E-state index contributed by atoms with van der Waals surface area (Å²) in [4.78, 5) is 42.3. The summed E-state index contributed by atoms with van der Waals surface area (Å²) in [6.07, 6.45) is 1.50. The first-order valence-corrected chi connectivity index (χ1v) is 9.59. The van der Waals surface area contributed by atoms with Crippen LogP contribution in [0.3, 0.4) is 0 Å². The van der Waals surface area contributed by atoms with Gasteiger partial charge in [-0.2, -0.15) is 0 Å². The Morgan fingerprint density at radius 2 is 2.04 bits per heavy atom. The average Bonchev–Trinajstić information content (AvgIpc) is 3.07. The van der Waals surface area contributed by atoms with Crippen LogP contribution in [0.4, 0.5) is 0 Å². The van der Waals surface area contributed by atoms with Crippen LogP contribution in [0, 0.1) is 12.8 Å². The zero-order chi connectivity index (χ0) is 19.4. The summed E-state index contributed by atoms with van der Waals surface area (Å²) in [6, 6.07) is 9.05. The van der Waals surface area contributed by atoms with Crippen molar-refractivity contribution in [3.8, 4) is 0 Å². The maximum atomic E-state index is 12.6. The monoisotopic (exact) mass is 387 g/mol. The maximum absolute atomic E-state index is 12.6. The third-order valence-electron chi connectivity index (χ3n) is 4.55. The molecule has 0 saturated carbocycles. The molecule has 1 aromatic carbocycles. The van der Waals surface area contributed by atoms with Gasteiger partial charge < -0.3 is 15.3 Å². The summed E-state index contributed by atoms with van der Waals surface area (Å²) in [5, 5.41) is 12.5. The highest BCUT2D eigenvalue weighted by atomic mass is 32.1. The lowest BCUT2D eigenvalue weighted by Gasteiger charge is -2.32. The molecule has 2 heterocycles. The molecule has 142 valence electrons. The Labute approximate surface area is 161 Å². The second-order valence-electron chi connectivity index (χ2n) is 6.50. The number of hydrogen-bond donors (Lipinski definition) is 2. The number of carboxylic acid groups (broad SMARTS) is 1. The van der Waals surface area contributed by atoms with Crippen LogP contribution in [0.5, 0.6) is 0 Å². The van der Waals surface area contributed by atoms with E-state index in [1.807, 2.05) is 18.2 Å². The zero-order valence-electron chi connectivity index (χ0n) is 15.0. The highest BCUT2D eigenvalue weighted by Gasteiger charge is 2.29. The Morgan fingerprint density at radius 1 is 1.30 bits per heavy atom. The highest BCUT2D eigenvalue weighted by molar-refractivity contribution is 7.13. The summed E-state index contributed by atoms with van der Waals surface area (Å²) >= 11 is 1.07. The molecule has 27 heavy (non-hydrogen) atoms. The van der Waals surface area contributed by atoms with Crippen LogP contribution in [0.1, 0.15) is 43.6 Å². The van der Waals surface area contributed by atoms with E-state index in [1.54, 1.807) is 24.0 Å². The van der Waals surface area contributed by atoms with Gasteiger partial charge in [-0.25, -0.2) is 9.78 Å². The van der Waals surface area contributed by atoms with Crippen molar-refractivity contribution in [2.24, 2.45) is 5.92 Å². The molecule has 3 rings (SSSR count). The number of thiazole rings is 1. The normalized spacial score (nSPS) is 16.8. The number of carbonyl (C=O) groups excluding carboxylic acids is 2. The molecule has 1 aliphatic heterocycles. The molecule has 1 atom stereocenters. The van der Waals surface area contributed by atoms with E-state index in [0.29, 0.717) is 29.4 Å². The summed E-state index contributed by atoms with van der Waals surface area (Å²) in [5.74, 6) is -1.48. The SMILES string of the molecule is Cc1nc(CNC(=O)C2CCCN(C(=O)c3ccccc3)C2)sc1C(=O)O. The van der Waals surface area contributed by atoms with Crippen LogP contribution in [0.25, 0.3) is 0 Å². The number of nitrogens with one attached hydrogen (secondary N) is 1. The Kier molecular flexibility index (Phi) is 5.85. The third kappa shape index (κ3) is 4.51. The number of nitrogens with zero attached hydrogens (tertiary/aromatic N) is 2. The minimum Gasteiger partial charge on any atom is -0.477 e. The van der Waals surface area contributed by atoms with Gasteiger partial charge in [0.1, 0.15) is 9.88 Å². The molecular weight excluding hydrogens is 366 g/mol. The van der Waals surface area contributed by atoms with Crippen LogP contribution in [-0.2, 0) is 11.3 Å². The zero-order valence-corrected chi connectivity index (χ0v) is 15.8. The lowest BCUT2D eigenvalue weighted by atomic mass is 9.96. The van der Waals surface area contributed by atoms with Crippen molar-refractivity contribution in [3.63, 3.8) is 0 Å². The van der Waals surface area contributed by atoms with Crippen LogP contribution in [0.2, 0.25) is 0 Å². The molecule has 2 N–H and O–H groups in total. The number of piperidine rings is 1. The Bertz CT molecular complexity index is 850. The second-order valence-corrected chi connectivity index (χ2v) is 7.59. The fraction of sp³-hybridized carbons (Fsp3) is 0.368. The number of carboxylic acids is 1. The molecular formula is C19H21N3O4S. The quantitative estimate of drug-likeness (QED) is 0.820. The maximum Gasteiger partial charge on any atom is 0.347 e. The van der Waals surface area contributed by atoms with E-state index in [-0.39, 0.29) is 29.2 Å². The average molecular weight is 387 g/mol. The molecule has 2 amide bonds. The number of aromatic nitrogens is 1. The van der Waals surface area contributed by atoms with Crippen molar-refractivity contribution in [3.05, 3.63) is 51.5 Å². The predicted molar refractivity (Wildman–Crippen MR) is 101 cm³/mol. The number of amides is 2. The Morgan fingerprint density at radius 3 is 2.70 bits per heavy atom. The van der Waals surface area contributed by atoms with E-state index >= 15 is 0 Å². The summed E-state index contributed by atoms with van der Waals surface area (Å²) in [7, 11) is 0. The van der Waals surface area contributed by atoms with Gasteiger partial charge in [0.2, 0.25) is 5.91 Å². The molecule has 7 nitrogen and oxygen atoms in total. The number of carbonyl (C=O) groups is 3. The molecule has 0 spiro atoms. The highest BCUT2D eigenvalue weighted by Crippen LogP contribution is 2.20. The molecule has 1 fully saturated rings. The van der Waals surface area contributed by atoms with Gasteiger partial charge in [0.15, 0.2) is 0 Å². The van der Waals surface area contributed by atoms with Crippen molar-refractivity contribution < 1.29 is 19.5 Å². The molecule has 1 saturated heterocycles. The van der Waals surface area contributed by atoms with Crippen molar-refractivity contribution in [1.29, 1.82) is 0 Å². The van der Waals surface area contributed by atoms with E-state index in [1.165, 1.54) is 0 Å². The summed E-state index contributed by atoms with van der Waals surface area (Å²) in [6.45, 7) is 2.86. The number of benzene rings is 1. The smallest absolute Gasteiger partial charge is 0.347 e. The van der Waals surface area contributed by atoms with E-state index in [9.17, 15) is 14.4 Å². The topological polar surface area (TPSA) is 99.6 Å². The van der Waals surface area contributed by atoms with Crippen molar-refractivity contribution in [2.45, 2.75) is 26.3 Å². The van der Waals surface area contributed by atoms with Crippen molar-refractivity contribution in [1.82, 2.24) is 15.2 Å². The number of likely N-dealkylation sites (tertiary alicyclic amines) is 1. The molecule has 2 aromatic rings. The summed E-state index contributed by atoms with van der Waals surface area (Å²) in [5.41, 5.74) is 1.08. The van der Waals surface area contributed by atoms with Crippen LogP contribution < -0.4 is 5.32 Å². The second kappa shape index (κ2) is 8.30. The van der Waals surface area contributed by atoms with Gasteiger partial charge in [0, 0.05) is 18.7 Å². The fourth-order valence-corrected chi connectivity index (χ4v) is 4.02. The van der Waals surface area contributed by atoms with Gasteiger partial charge >= 0.3 is 5.97 Å². The first kappa shape index (κ1) is 19.0. The van der Waals surface area contributed by atoms with Gasteiger partial charge in [-0.1, -0.05) is 18.2 Å². The molecule has 0 aliphatic carbocycles. The van der Waals surface area contributed by atoms with E-state index in [0.717, 1.165) is 24.2 Å². The van der Waals surface area contributed by atoms with Crippen LogP contribution >= 0.6 is 11.3 Å². The minimum absolute atomic E-state index is 0.0604. The number of hydrogen-bond acceptors (Lipinski definition) is 5. The lowest BCUT2D eigenvalue weighted by Crippen LogP contribution is -2.45. The first-order chi connectivity index (χ1) is 13.0. The van der Waals surface area contributed by atoms with Crippen molar-refractivity contribution >= 4 is 29.1 Å². The van der Waals surface area contributed by atoms with Crippen molar-refractivity contribution in [2.75, 3.05) is 13.1 Å². The van der Waals surface area contributed by atoms with Gasteiger partial charge in [-0.05, 0) is 31.9 Å². The molecule has 1 aromatic heterocycles. The molecule has 0 radical (unpaired) electrons. The predicted octanol–water partition coefficient (Wildman–Crippen LogP) is 2.32. The molecule has 1 unspecified atom stereocenters. The number of aromatic carboxylic acids is 1. The standard InChI is InChI=1S/C19H21N3O4S/c1-12-16(19(25)26)27-15(21-12)10-20-17(23)14-8-5-9-22(11-14)18(24)13-6-3-2-4-7-13/h2-4,6-7,14H,5,8-11H2,1H3,(H,20,23)(H,25,26). The molecule has 0 bridgehead atoms. The van der Waals surface area contributed by atoms with Crippen LogP contribution in [0.15, 0.2) is 30.3 Å². The molecule has 8 heteroatoms. The number of rotatable bonds is 5. The molecule has 1 aliphatic rings. The van der Waals surface area contributed by atoms with Gasteiger partial charge in [-0.3, -0.25) is 9.59 Å².